The molecule has 1 amide bonds. The van der Waals surface area contributed by atoms with Crippen LogP contribution in [0.4, 0.5) is 4.79 Å². The second-order valence-electron chi connectivity index (χ2n) is 5.28. The van der Waals surface area contributed by atoms with Crippen LogP contribution in [0.3, 0.4) is 0 Å². The van der Waals surface area contributed by atoms with Gasteiger partial charge in [-0.2, -0.15) is 0 Å². The van der Waals surface area contributed by atoms with Crippen LogP contribution in [0.2, 0.25) is 0 Å². The largest absolute Gasteiger partial charge is 0.481 e. The van der Waals surface area contributed by atoms with Crippen molar-refractivity contribution >= 4 is 12.4 Å². The van der Waals surface area contributed by atoms with Crippen molar-refractivity contribution in [2.24, 2.45) is 0 Å². The monoisotopic (exact) mass is 280 g/mol. The Bertz CT molecular complexity index is 482. The summed E-state index contributed by atoms with van der Waals surface area (Å²) >= 11 is 0. The minimum absolute atomic E-state index is 0.381. The van der Waals surface area contributed by atoms with Crippen molar-refractivity contribution in [1.82, 2.24) is 9.88 Å². The molecule has 6 heteroatoms. The first-order valence-corrected chi connectivity index (χ1v) is 6.20. The second kappa shape index (κ2) is 6.36. The number of aldehydes is 1. The van der Waals surface area contributed by atoms with Crippen molar-refractivity contribution in [1.29, 1.82) is 0 Å². The maximum Gasteiger partial charge on any atom is 0.410 e. The normalized spacial score (nSPS) is 12.4. The van der Waals surface area contributed by atoms with Crippen molar-refractivity contribution in [2.75, 3.05) is 14.2 Å². The van der Waals surface area contributed by atoms with Gasteiger partial charge in [0.1, 0.15) is 17.9 Å². The van der Waals surface area contributed by atoms with Crippen molar-refractivity contribution < 1.29 is 19.1 Å². The molecule has 0 saturated carbocycles. The van der Waals surface area contributed by atoms with E-state index in [4.69, 9.17) is 9.47 Å². The summed E-state index contributed by atoms with van der Waals surface area (Å²) in [5.74, 6) is 0.381. The Morgan fingerprint density at radius 2 is 2.05 bits per heavy atom. The lowest BCUT2D eigenvalue weighted by atomic mass is 10.2. The molecular weight excluding hydrogens is 260 g/mol. The predicted molar refractivity (Wildman–Crippen MR) is 73.6 cm³/mol. The van der Waals surface area contributed by atoms with Crippen LogP contribution >= 0.6 is 0 Å². The van der Waals surface area contributed by atoms with Gasteiger partial charge < -0.3 is 14.3 Å². The van der Waals surface area contributed by atoms with Gasteiger partial charge in [0.05, 0.1) is 12.8 Å². The van der Waals surface area contributed by atoms with Crippen LogP contribution in [0, 0.1) is 0 Å². The molecule has 0 fully saturated rings. The van der Waals surface area contributed by atoms with E-state index in [1.807, 2.05) is 0 Å². The number of rotatable bonds is 4. The van der Waals surface area contributed by atoms with Crippen LogP contribution in [0.5, 0.6) is 5.88 Å². The zero-order chi connectivity index (χ0) is 15.3. The van der Waals surface area contributed by atoms with Gasteiger partial charge in [-0.1, -0.05) is 6.07 Å². The van der Waals surface area contributed by atoms with Crippen molar-refractivity contribution in [3.05, 3.63) is 23.9 Å². The van der Waals surface area contributed by atoms with E-state index in [1.54, 1.807) is 39.0 Å². The van der Waals surface area contributed by atoms with Gasteiger partial charge in [-0.15, -0.1) is 0 Å². The topological polar surface area (TPSA) is 68.7 Å². The van der Waals surface area contributed by atoms with E-state index >= 15 is 0 Å². The van der Waals surface area contributed by atoms with E-state index in [0.29, 0.717) is 17.9 Å². The molecule has 0 aromatic carbocycles. The molecule has 0 radical (unpaired) electrons. The van der Waals surface area contributed by atoms with Gasteiger partial charge in [0.2, 0.25) is 5.88 Å². The van der Waals surface area contributed by atoms with E-state index < -0.39 is 17.7 Å². The maximum atomic E-state index is 12.0. The molecule has 0 aliphatic carbocycles. The minimum Gasteiger partial charge on any atom is -0.481 e. The Labute approximate surface area is 118 Å². The number of nitrogens with zero attached hydrogens (tertiary/aromatic N) is 2. The average Bonchev–Trinajstić information content (AvgIpc) is 2.37. The molecule has 1 heterocycles. The molecule has 0 spiro atoms. The molecule has 1 unspecified atom stereocenters. The number of hydrogen-bond donors (Lipinski definition) is 0. The lowest BCUT2D eigenvalue weighted by Gasteiger charge is -2.27. The minimum atomic E-state index is -0.819. The number of methoxy groups -OCH3 is 1. The van der Waals surface area contributed by atoms with Gasteiger partial charge in [-0.3, -0.25) is 4.90 Å². The Morgan fingerprint density at radius 3 is 2.55 bits per heavy atom. The zero-order valence-electron chi connectivity index (χ0n) is 12.4. The fourth-order valence-electron chi connectivity index (χ4n) is 1.52. The van der Waals surface area contributed by atoms with Crippen LogP contribution in [0.1, 0.15) is 32.5 Å². The Hall–Kier alpha value is -2.11. The number of aromatic nitrogens is 1. The summed E-state index contributed by atoms with van der Waals surface area (Å²) in [7, 11) is 2.98. The fourth-order valence-corrected chi connectivity index (χ4v) is 1.52. The number of hydrogen-bond acceptors (Lipinski definition) is 5. The SMILES string of the molecule is COc1cccc(C(C=O)N(C)C(=O)OC(C)(C)C)n1. The van der Waals surface area contributed by atoms with Gasteiger partial charge in [0.15, 0.2) is 0 Å². The number of likely N-dealkylation sites (N-methyl/N-ethyl adjacent to an activating group) is 1. The predicted octanol–water partition coefficient (Wildman–Crippen LogP) is 2.20. The molecule has 1 rings (SSSR count). The summed E-state index contributed by atoms with van der Waals surface area (Å²) in [6, 6.07) is 4.21. The van der Waals surface area contributed by atoms with E-state index in [0.717, 1.165) is 0 Å². The van der Waals surface area contributed by atoms with E-state index in [-0.39, 0.29) is 0 Å². The van der Waals surface area contributed by atoms with E-state index in [1.165, 1.54) is 19.1 Å². The van der Waals surface area contributed by atoms with Gasteiger partial charge in [0, 0.05) is 13.1 Å². The molecular formula is C14H20N2O4. The number of carbonyl (C=O) groups excluding carboxylic acids is 2. The summed E-state index contributed by atoms with van der Waals surface area (Å²) in [5.41, 5.74) is -0.201. The highest BCUT2D eigenvalue weighted by Crippen LogP contribution is 2.20. The number of pyridine rings is 1. The second-order valence-corrected chi connectivity index (χ2v) is 5.28. The average molecular weight is 280 g/mol. The molecule has 6 nitrogen and oxygen atoms in total. The van der Waals surface area contributed by atoms with Gasteiger partial charge >= 0.3 is 6.09 Å². The molecule has 1 atom stereocenters. The molecule has 0 bridgehead atoms. The van der Waals surface area contributed by atoms with Crippen molar-refractivity contribution in [2.45, 2.75) is 32.4 Å². The van der Waals surface area contributed by atoms with Gasteiger partial charge in [-0.05, 0) is 26.8 Å². The summed E-state index contributed by atoms with van der Waals surface area (Å²) in [6.45, 7) is 5.29. The quantitative estimate of drug-likeness (QED) is 0.791. The smallest absolute Gasteiger partial charge is 0.410 e. The van der Waals surface area contributed by atoms with Gasteiger partial charge in [0.25, 0.3) is 0 Å². The molecule has 1 aromatic heterocycles. The summed E-state index contributed by atoms with van der Waals surface area (Å²) in [6.07, 6.45) is 0.0605. The molecule has 0 aliphatic rings. The van der Waals surface area contributed by atoms with E-state index in [2.05, 4.69) is 4.98 Å². The molecule has 20 heavy (non-hydrogen) atoms. The molecule has 0 N–H and O–H groups in total. The first-order valence-electron chi connectivity index (χ1n) is 6.20. The van der Waals surface area contributed by atoms with E-state index in [9.17, 15) is 9.59 Å². The number of carbonyl (C=O) groups is 2. The van der Waals surface area contributed by atoms with Crippen LogP contribution in [0.15, 0.2) is 18.2 Å². The van der Waals surface area contributed by atoms with Crippen molar-refractivity contribution in [3.8, 4) is 5.88 Å². The summed E-state index contributed by atoms with van der Waals surface area (Å²) in [4.78, 5) is 28.6. The number of amides is 1. The lowest BCUT2D eigenvalue weighted by molar-refractivity contribution is -0.112. The standard InChI is InChI=1S/C14H20N2O4/c1-14(2,3)20-13(18)16(4)11(9-17)10-7-6-8-12(15-10)19-5/h6-9,11H,1-5H3. The van der Waals surface area contributed by atoms with Crippen LogP contribution in [0.25, 0.3) is 0 Å². The zero-order valence-corrected chi connectivity index (χ0v) is 12.4. The molecule has 1 aromatic rings. The van der Waals surface area contributed by atoms with Crippen LogP contribution < -0.4 is 4.74 Å². The summed E-state index contributed by atoms with van der Waals surface area (Å²) in [5, 5.41) is 0. The Balaban J connectivity index is 2.94. The van der Waals surface area contributed by atoms with Crippen LogP contribution in [-0.2, 0) is 9.53 Å². The third kappa shape index (κ3) is 4.22. The van der Waals surface area contributed by atoms with Crippen LogP contribution in [-0.4, -0.2) is 42.0 Å². The molecule has 0 saturated heterocycles. The number of ether oxygens (including phenoxy) is 2. The van der Waals surface area contributed by atoms with Gasteiger partial charge in [-0.25, -0.2) is 9.78 Å². The Morgan fingerprint density at radius 1 is 1.40 bits per heavy atom. The Kier molecular flexibility index (Phi) is 5.07. The third-order valence-corrected chi connectivity index (χ3v) is 2.48. The first-order chi connectivity index (χ1) is 9.28. The van der Waals surface area contributed by atoms with Crippen molar-refractivity contribution in [3.63, 3.8) is 0 Å². The third-order valence-electron chi connectivity index (χ3n) is 2.48. The molecule has 110 valence electrons. The first kappa shape index (κ1) is 15.9. The highest BCUT2D eigenvalue weighted by Gasteiger charge is 2.27. The highest BCUT2D eigenvalue weighted by molar-refractivity contribution is 5.74. The summed E-state index contributed by atoms with van der Waals surface area (Å²) < 4.78 is 10.2. The highest BCUT2D eigenvalue weighted by atomic mass is 16.6. The maximum absolute atomic E-state index is 12.0. The lowest BCUT2D eigenvalue weighted by Crippen LogP contribution is -2.37. The fraction of sp³-hybridized carbons (Fsp3) is 0.500. The molecule has 0 aliphatic heterocycles.